The molecule has 11 heteroatoms. The fourth-order valence-electron chi connectivity index (χ4n) is 9.44. The number of hydrogen-bond donors (Lipinski definition) is 0. The number of methoxy groups -OCH3 is 1. The molecule has 9 nitrogen and oxygen atoms in total. The summed E-state index contributed by atoms with van der Waals surface area (Å²) in [5, 5.41) is 4.01. The zero-order valence-corrected chi connectivity index (χ0v) is 29.7. The van der Waals surface area contributed by atoms with Crippen LogP contribution in [0, 0.1) is 29.5 Å². The number of aromatic nitrogens is 2. The normalized spacial score (nSPS) is 23.9. The summed E-state index contributed by atoms with van der Waals surface area (Å²) in [5.41, 5.74) is 1.96. The average Bonchev–Trinajstić information content (AvgIpc) is 3.72. The van der Waals surface area contributed by atoms with Crippen molar-refractivity contribution in [3.8, 4) is 0 Å². The zero-order valence-electron chi connectivity index (χ0n) is 28.8. The molecule has 0 bridgehead atoms. The highest BCUT2D eigenvalue weighted by Gasteiger charge is 2.53. The molecule has 0 radical (unpaired) electrons. The molecule has 2 aromatic carbocycles. The van der Waals surface area contributed by atoms with E-state index >= 15 is 0 Å². The lowest BCUT2D eigenvalue weighted by Gasteiger charge is -2.54. The Morgan fingerprint density at radius 3 is 2.35 bits per heavy atom. The standard InChI is InChI=1S/C38H50FN5O4S/c1-41-26-35(22-40-41)49(46,47)34-12-10-33(11-13-34)44-24-28(25-44)23-42-18-14-30(15-19-42)38(27-43-16-5-17-43,31-7-4-8-32(39)21-31)36-9-3-6-29(36)20-37(45)48-2/h4,7-8,10-13,21-22,26,28-30,36H,3,5-6,9,14-20,23-25,27H2,1-2H3/t29-,36+,38+/m1/s1. The number of rotatable bonds is 12. The molecule has 1 saturated carbocycles. The van der Waals surface area contributed by atoms with Crippen molar-refractivity contribution in [1.29, 1.82) is 0 Å². The van der Waals surface area contributed by atoms with Gasteiger partial charge in [-0.25, -0.2) is 12.8 Å². The van der Waals surface area contributed by atoms with Crippen LogP contribution in [0.1, 0.15) is 50.5 Å². The van der Waals surface area contributed by atoms with Gasteiger partial charge >= 0.3 is 5.97 Å². The smallest absolute Gasteiger partial charge is 0.305 e. The molecule has 0 N–H and O–H groups in total. The molecule has 4 heterocycles. The third-order valence-corrected chi connectivity index (χ3v) is 13.8. The Morgan fingerprint density at radius 1 is 0.959 bits per heavy atom. The van der Waals surface area contributed by atoms with Gasteiger partial charge < -0.3 is 19.4 Å². The third kappa shape index (κ3) is 6.90. The molecule has 7 rings (SSSR count). The highest BCUT2D eigenvalue weighted by molar-refractivity contribution is 7.91. The first-order valence-electron chi connectivity index (χ1n) is 18.0. The van der Waals surface area contributed by atoms with Gasteiger partial charge in [0.15, 0.2) is 0 Å². The number of carbonyl (C=O) groups excluding carboxylic acids is 1. The summed E-state index contributed by atoms with van der Waals surface area (Å²) in [7, 11) is -0.394. The molecule has 1 aromatic heterocycles. The van der Waals surface area contributed by atoms with Crippen molar-refractivity contribution in [2.75, 3.05) is 64.4 Å². The first kappa shape index (κ1) is 34.2. The van der Waals surface area contributed by atoms with E-state index in [1.807, 2.05) is 18.2 Å². The van der Waals surface area contributed by atoms with E-state index in [1.54, 1.807) is 31.3 Å². The average molecular weight is 692 g/mol. The van der Waals surface area contributed by atoms with Crippen LogP contribution in [0.25, 0.3) is 0 Å². The highest BCUT2D eigenvalue weighted by Crippen LogP contribution is 2.54. The zero-order chi connectivity index (χ0) is 34.2. The van der Waals surface area contributed by atoms with E-state index in [-0.39, 0.29) is 32.9 Å². The molecule has 3 aliphatic heterocycles. The molecule has 0 amide bonds. The monoisotopic (exact) mass is 691 g/mol. The number of sulfone groups is 1. The fraction of sp³-hybridized carbons (Fsp3) is 0.579. The lowest BCUT2D eigenvalue weighted by molar-refractivity contribution is -0.142. The number of anilines is 1. The van der Waals surface area contributed by atoms with E-state index in [4.69, 9.17) is 4.74 Å². The van der Waals surface area contributed by atoms with E-state index in [0.29, 0.717) is 24.2 Å². The van der Waals surface area contributed by atoms with E-state index < -0.39 is 9.84 Å². The van der Waals surface area contributed by atoms with E-state index in [9.17, 15) is 17.6 Å². The molecule has 1 aliphatic carbocycles. The summed E-state index contributed by atoms with van der Waals surface area (Å²) in [5.74, 6) is 1.23. The SMILES string of the molecule is COC(=O)C[C@H]1CCC[C@@H]1[C@](CN1CCC1)(c1cccc(F)c1)C1CCN(CC2CN(c3ccc(S(=O)(=O)c4cnn(C)c4)cc3)C2)CC1. The first-order valence-corrected chi connectivity index (χ1v) is 19.5. The second kappa shape index (κ2) is 14.2. The molecule has 3 saturated heterocycles. The Kier molecular flexibility index (Phi) is 9.87. The number of benzene rings is 2. The molecule has 3 atom stereocenters. The minimum absolute atomic E-state index is 0.135. The van der Waals surface area contributed by atoms with Crippen molar-refractivity contribution in [3.63, 3.8) is 0 Å². The third-order valence-electron chi connectivity index (χ3n) is 12.1. The number of ether oxygens (including phenoxy) is 1. The Morgan fingerprint density at radius 2 is 1.71 bits per heavy atom. The molecule has 0 spiro atoms. The lowest BCUT2D eigenvalue weighted by Crippen LogP contribution is -2.58. The van der Waals surface area contributed by atoms with Crippen molar-refractivity contribution < 1.29 is 22.3 Å². The molecule has 0 unspecified atom stereocenters. The van der Waals surface area contributed by atoms with Crippen LogP contribution in [0.5, 0.6) is 0 Å². The van der Waals surface area contributed by atoms with Gasteiger partial charge in [-0.3, -0.25) is 9.48 Å². The molecule has 4 aliphatic rings. The summed E-state index contributed by atoms with van der Waals surface area (Å²) >= 11 is 0. The van der Waals surface area contributed by atoms with Crippen LogP contribution in [0.4, 0.5) is 10.1 Å². The molecular formula is C38H50FN5O4S. The fourth-order valence-corrected chi connectivity index (χ4v) is 10.7. The van der Waals surface area contributed by atoms with Crippen LogP contribution >= 0.6 is 0 Å². The Labute approximate surface area is 290 Å². The lowest BCUT2D eigenvalue weighted by atomic mass is 9.56. The maximum Gasteiger partial charge on any atom is 0.305 e. The predicted octanol–water partition coefficient (Wildman–Crippen LogP) is 5.16. The highest BCUT2D eigenvalue weighted by atomic mass is 32.2. The first-order chi connectivity index (χ1) is 23.7. The molecule has 4 fully saturated rings. The largest absolute Gasteiger partial charge is 0.469 e. The quantitative estimate of drug-likeness (QED) is 0.241. The van der Waals surface area contributed by atoms with E-state index in [0.717, 1.165) is 95.7 Å². The van der Waals surface area contributed by atoms with E-state index in [2.05, 4.69) is 25.9 Å². The van der Waals surface area contributed by atoms with Gasteiger partial charge in [0.25, 0.3) is 0 Å². The second-order valence-corrected chi connectivity index (χ2v) is 16.9. The minimum atomic E-state index is -3.59. The number of carbonyl (C=O) groups is 1. The van der Waals surface area contributed by atoms with Crippen LogP contribution in [-0.4, -0.2) is 93.4 Å². The Balaban J connectivity index is 1.01. The van der Waals surface area contributed by atoms with Gasteiger partial charge in [-0.05, 0) is 118 Å². The molecule has 3 aromatic rings. The van der Waals surface area contributed by atoms with Crippen molar-refractivity contribution in [1.82, 2.24) is 19.6 Å². The second-order valence-electron chi connectivity index (χ2n) is 15.0. The number of likely N-dealkylation sites (tertiary alicyclic amines) is 2. The van der Waals surface area contributed by atoms with Gasteiger partial charge in [-0.2, -0.15) is 5.10 Å². The van der Waals surface area contributed by atoms with Gasteiger partial charge in [0.05, 0.1) is 18.2 Å². The number of hydrogen-bond acceptors (Lipinski definition) is 8. The molecule has 264 valence electrons. The van der Waals surface area contributed by atoms with Crippen LogP contribution in [0.15, 0.2) is 70.7 Å². The van der Waals surface area contributed by atoms with Crippen molar-refractivity contribution in [2.45, 2.75) is 60.2 Å². The number of aryl methyl sites for hydroxylation is 1. The maximum atomic E-state index is 15.0. The van der Waals surface area contributed by atoms with Gasteiger partial charge in [-0.15, -0.1) is 0 Å². The molecule has 49 heavy (non-hydrogen) atoms. The maximum absolute atomic E-state index is 15.0. The summed E-state index contributed by atoms with van der Waals surface area (Å²) < 4.78 is 47.6. The summed E-state index contributed by atoms with van der Waals surface area (Å²) in [6, 6.07) is 14.6. The van der Waals surface area contributed by atoms with Gasteiger partial charge in [-0.1, -0.05) is 18.6 Å². The van der Waals surface area contributed by atoms with Crippen molar-refractivity contribution in [3.05, 3.63) is 72.3 Å². The summed E-state index contributed by atoms with van der Waals surface area (Å²) in [6.07, 6.45) is 9.89. The Bertz CT molecular complexity index is 1710. The van der Waals surface area contributed by atoms with Crippen LogP contribution in [-0.2, 0) is 31.8 Å². The number of piperidine rings is 1. The van der Waals surface area contributed by atoms with Gasteiger partial charge in [0, 0.05) is 62.9 Å². The number of halogens is 1. The topological polar surface area (TPSA) is 88.0 Å². The van der Waals surface area contributed by atoms with Crippen molar-refractivity contribution >= 4 is 21.5 Å². The Hall–Kier alpha value is -3.28. The van der Waals surface area contributed by atoms with Crippen LogP contribution < -0.4 is 4.90 Å². The van der Waals surface area contributed by atoms with Crippen molar-refractivity contribution in [2.24, 2.45) is 30.7 Å². The van der Waals surface area contributed by atoms with Crippen LogP contribution in [0.2, 0.25) is 0 Å². The molecular weight excluding hydrogens is 642 g/mol. The summed E-state index contributed by atoms with van der Waals surface area (Å²) in [4.78, 5) is 20.5. The predicted molar refractivity (Wildman–Crippen MR) is 187 cm³/mol. The van der Waals surface area contributed by atoms with Gasteiger partial charge in [0.2, 0.25) is 9.84 Å². The van der Waals surface area contributed by atoms with Gasteiger partial charge in [0.1, 0.15) is 10.7 Å². The minimum Gasteiger partial charge on any atom is -0.469 e. The number of esters is 1. The van der Waals surface area contributed by atoms with E-state index in [1.165, 1.54) is 30.6 Å². The number of nitrogens with zero attached hydrogens (tertiary/aromatic N) is 5. The summed E-state index contributed by atoms with van der Waals surface area (Å²) in [6.45, 7) is 8.11. The van der Waals surface area contributed by atoms with Crippen LogP contribution in [0.3, 0.4) is 0 Å².